The molecule has 0 heterocycles. The second kappa shape index (κ2) is 7.30. The van der Waals surface area contributed by atoms with E-state index in [9.17, 15) is 8.78 Å². The quantitative estimate of drug-likeness (QED) is 0.438. The maximum absolute atomic E-state index is 13.2. The van der Waals surface area contributed by atoms with Crippen LogP contribution in [0.3, 0.4) is 0 Å². The Kier molecular flexibility index (Phi) is 6.37. The molecule has 0 spiro atoms. The molecule has 0 aliphatic carbocycles. The standard InChI is InChI=1S/C14H18Cl2F2/c1-3-5-6-9(4-2)14(16)10-7-12(17)13(18)8-11(10)15/h7-9,14H,3-6H2,1-2H3. The molecule has 0 saturated carbocycles. The fourth-order valence-corrected chi connectivity index (χ4v) is 2.84. The zero-order valence-electron chi connectivity index (χ0n) is 10.6. The number of unbranched alkanes of at least 4 members (excludes halogenated alkanes) is 1. The van der Waals surface area contributed by atoms with Crippen LogP contribution in [0.2, 0.25) is 5.02 Å². The molecule has 0 nitrogen and oxygen atoms in total. The highest BCUT2D eigenvalue weighted by Crippen LogP contribution is 2.38. The zero-order valence-corrected chi connectivity index (χ0v) is 12.2. The van der Waals surface area contributed by atoms with E-state index in [2.05, 4.69) is 6.92 Å². The molecule has 0 radical (unpaired) electrons. The molecular formula is C14H18Cl2F2. The van der Waals surface area contributed by atoms with Crippen molar-refractivity contribution in [1.29, 1.82) is 0 Å². The number of benzene rings is 1. The summed E-state index contributed by atoms with van der Waals surface area (Å²) >= 11 is 12.3. The summed E-state index contributed by atoms with van der Waals surface area (Å²) in [5.41, 5.74) is 0.486. The van der Waals surface area contributed by atoms with E-state index in [1.165, 1.54) is 0 Å². The Hall–Kier alpha value is -0.340. The van der Waals surface area contributed by atoms with Crippen molar-refractivity contribution in [3.8, 4) is 0 Å². The summed E-state index contributed by atoms with van der Waals surface area (Å²) in [6.07, 6.45) is 4.02. The van der Waals surface area contributed by atoms with E-state index in [1.807, 2.05) is 6.92 Å². The number of hydrogen-bond acceptors (Lipinski definition) is 0. The van der Waals surface area contributed by atoms with Crippen LogP contribution in [0.4, 0.5) is 8.78 Å². The molecule has 0 aliphatic heterocycles. The van der Waals surface area contributed by atoms with Gasteiger partial charge in [0.05, 0.1) is 5.38 Å². The Morgan fingerprint density at radius 2 is 1.78 bits per heavy atom. The van der Waals surface area contributed by atoms with Crippen molar-refractivity contribution in [1.82, 2.24) is 0 Å². The van der Waals surface area contributed by atoms with Crippen molar-refractivity contribution in [3.05, 3.63) is 34.4 Å². The first-order chi connectivity index (χ1) is 8.51. The minimum absolute atomic E-state index is 0.198. The maximum Gasteiger partial charge on any atom is 0.160 e. The van der Waals surface area contributed by atoms with Crippen molar-refractivity contribution in [3.63, 3.8) is 0 Å². The van der Waals surface area contributed by atoms with Gasteiger partial charge in [-0.15, -0.1) is 11.6 Å². The third kappa shape index (κ3) is 3.83. The summed E-state index contributed by atoms with van der Waals surface area (Å²) in [6, 6.07) is 2.11. The molecule has 102 valence electrons. The first-order valence-corrected chi connectivity index (χ1v) is 7.11. The molecule has 1 aromatic rings. The molecule has 1 aromatic carbocycles. The van der Waals surface area contributed by atoms with E-state index in [4.69, 9.17) is 23.2 Å². The highest BCUT2D eigenvalue weighted by molar-refractivity contribution is 6.32. The summed E-state index contributed by atoms with van der Waals surface area (Å²) < 4.78 is 26.3. The van der Waals surface area contributed by atoms with Crippen LogP contribution in [0.5, 0.6) is 0 Å². The summed E-state index contributed by atoms with van der Waals surface area (Å²) in [5, 5.41) is -0.173. The lowest BCUT2D eigenvalue weighted by Gasteiger charge is -2.22. The van der Waals surface area contributed by atoms with Crippen molar-refractivity contribution in [2.75, 3.05) is 0 Å². The van der Waals surface area contributed by atoms with Crippen molar-refractivity contribution < 1.29 is 8.78 Å². The van der Waals surface area contributed by atoms with Crippen LogP contribution in [0.1, 0.15) is 50.5 Å². The van der Waals surface area contributed by atoms with Gasteiger partial charge >= 0.3 is 0 Å². The Balaban J connectivity index is 2.94. The van der Waals surface area contributed by atoms with Gasteiger partial charge in [-0.1, -0.05) is 44.7 Å². The Bertz CT molecular complexity index is 394. The molecule has 2 unspecified atom stereocenters. The van der Waals surface area contributed by atoms with Crippen LogP contribution in [0, 0.1) is 17.6 Å². The Labute approximate surface area is 117 Å². The van der Waals surface area contributed by atoms with E-state index < -0.39 is 11.6 Å². The van der Waals surface area contributed by atoms with Crippen molar-refractivity contribution in [2.24, 2.45) is 5.92 Å². The first-order valence-electron chi connectivity index (χ1n) is 6.29. The van der Waals surface area contributed by atoms with Gasteiger partial charge in [0.1, 0.15) is 0 Å². The molecule has 0 aliphatic rings. The minimum Gasteiger partial charge on any atom is -0.204 e. The van der Waals surface area contributed by atoms with E-state index in [0.29, 0.717) is 5.56 Å². The predicted molar refractivity (Wildman–Crippen MR) is 73.3 cm³/mol. The average molecular weight is 295 g/mol. The van der Waals surface area contributed by atoms with Gasteiger partial charge in [-0.3, -0.25) is 0 Å². The molecule has 0 amide bonds. The topological polar surface area (TPSA) is 0 Å². The second-order valence-electron chi connectivity index (χ2n) is 4.50. The lowest BCUT2D eigenvalue weighted by Crippen LogP contribution is -2.08. The maximum atomic E-state index is 13.2. The van der Waals surface area contributed by atoms with Gasteiger partial charge in [0, 0.05) is 5.02 Å². The molecule has 1 rings (SSSR count). The fraction of sp³-hybridized carbons (Fsp3) is 0.571. The molecule has 2 atom stereocenters. The average Bonchev–Trinajstić information content (AvgIpc) is 2.34. The van der Waals surface area contributed by atoms with Gasteiger partial charge in [-0.25, -0.2) is 8.78 Å². The molecule has 4 heteroatoms. The second-order valence-corrected chi connectivity index (χ2v) is 5.38. The number of hydrogen-bond donors (Lipinski definition) is 0. The summed E-state index contributed by atoms with van der Waals surface area (Å²) in [6.45, 7) is 4.16. The van der Waals surface area contributed by atoms with Crippen molar-refractivity contribution >= 4 is 23.2 Å². The smallest absolute Gasteiger partial charge is 0.160 e. The molecule has 0 bridgehead atoms. The summed E-state index contributed by atoms with van der Waals surface area (Å²) in [5.74, 6) is -1.60. The molecule has 0 saturated heterocycles. The molecule has 0 fully saturated rings. The first kappa shape index (κ1) is 15.7. The largest absolute Gasteiger partial charge is 0.204 e. The van der Waals surface area contributed by atoms with Gasteiger partial charge in [0.2, 0.25) is 0 Å². The van der Waals surface area contributed by atoms with Crippen LogP contribution in [0.25, 0.3) is 0 Å². The van der Waals surface area contributed by atoms with E-state index >= 15 is 0 Å². The van der Waals surface area contributed by atoms with E-state index in [1.54, 1.807) is 0 Å². The van der Waals surface area contributed by atoms with Gasteiger partial charge < -0.3 is 0 Å². The van der Waals surface area contributed by atoms with Gasteiger partial charge in [-0.05, 0) is 30.0 Å². The number of halogens is 4. The monoisotopic (exact) mass is 294 g/mol. The highest BCUT2D eigenvalue weighted by Gasteiger charge is 2.23. The normalized spacial score (nSPS) is 14.6. The molecule has 0 aromatic heterocycles. The van der Waals surface area contributed by atoms with Gasteiger partial charge in [-0.2, -0.15) is 0 Å². The SMILES string of the molecule is CCCCC(CC)C(Cl)c1cc(F)c(F)cc1Cl. The van der Waals surface area contributed by atoms with Crippen LogP contribution >= 0.6 is 23.2 Å². The third-order valence-corrected chi connectivity index (χ3v) is 4.12. The minimum atomic E-state index is -0.936. The van der Waals surface area contributed by atoms with E-state index in [0.717, 1.165) is 37.8 Å². The van der Waals surface area contributed by atoms with Crippen LogP contribution in [-0.4, -0.2) is 0 Å². The number of rotatable bonds is 6. The van der Waals surface area contributed by atoms with Crippen LogP contribution in [0.15, 0.2) is 12.1 Å². The van der Waals surface area contributed by atoms with E-state index in [-0.39, 0.29) is 16.3 Å². The predicted octanol–water partition coefficient (Wildman–Crippen LogP) is 6.11. The molecule has 18 heavy (non-hydrogen) atoms. The van der Waals surface area contributed by atoms with Crippen molar-refractivity contribution in [2.45, 2.75) is 44.9 Å². The van der Waals surface area contributed by atoms with Crippen LogP contribution in [-0.2, 0) is 0 Å². The lowest BCUT2D eigenvalue weighted by atomic mass is 9.91. The number of alkyl halides is 1. The summed E-state index contributed by atoms with van der Waals surface area (Å²) in [7, 11) is 0. The highest BCUT2D eigenvalue weighted by atomic mass is 35.5. The van der Waals surface area contributed by atoms with Crippen LogP contribution < -0.4 is 0 Å². The van der Waals surface area contributed by atoms with Gasteiger partial charge in [0.15, 0.2) is 11.6 Å². The summed E-state index contributed by atoms with van der Waals surface area (Å²) in [4.78, 5) is 0. The third-order valence-electron chi connectivity index (χ3n) is 3.20. The molecular weight excluding hydrogens is 277 g/mol. The fourth-order valence-electron chi connectivity index (χ4n) is 2.03. The Morgan fingerprint density at radius 3 is 2.33 bits per heavy atom. The molecule has 0 N–H and O–H groups in total. The lowest BCUT2D eigenvalue weighted by molar-refractivity contribution is 0.434. The Morgan fingerprint density at radius 1 is 1.17 bits per heavy atom. The zero-order chi connectivity index (χ0) is 13.7. The van der Waals surface area contributed by atoms with Gasteiger partial charge in [0.25, 0.3) is 0 Å².